The second-order valence-electron chi connectivity index (χ2n) is 3.21. The highest BCUT2D eigenvalue weighted by Gasteiger charge is 2.21. The summed E-state index contributed by atoms with van der Waals surface area (Å²) in [7, 11) is 0. The fraction of sp³-hybridized carbons (Fsp3) is 0.444. The molecule has 0 spiro atoms. The summed E-state index contributed by atoms with van der Waals surface area (Å²) in [5, 5.41) is 8.85. The molecule has 3 heteroatoms. The Morgan fingerprint density at radius 1 is 1.67 bits per heavy atom. The van der Waals surface area contributed by atoms with Crippen molar-refractivity contribution in [3.63, 3.8) is 0 Å². The molecule has 12 heavy (non-hydrogen) atoms. The summed E-state index contributed by atoms with van der Waals surface area (Å²) in [6.45, 7) is 2.94. The van der Waals surface area contributed by atoms with Gasteiger partial charge in [0.1, 0.15) is 0 Å². The van der Waals surface area contributed by atoms with E-state index in [4.69, 9.17) is 5.11 Å². The molecule has 0 amide bonds. The van der Waals surface area contributed by atoms with Crippen LogP contribution >= 0.6 is 0 Å². The maximum absolute atomic E-state index is 10.8. The molecule has 0 bridgehead atoms. The minimum absolute atomic E-state index is 0.491. The molecular formula is C9H11NO2. The number of carbonyl (C=O) groups is 1. The zero-order valence-corrected chi connectivity index (χ0v) is 7.00. The van der Waals surface area contributed by atoms with E-state index in [9.17, 15) is 4.79 Å². The molecule has 0 saturated carbocycles. The Morgan fingerprint density at radius 2 is 2.42 bits per heavy atom. The summed E-state index contributed by atoms with van der Waals surface area (Å²) >= 11 is 0. The Kier molecular flexibility index (Phi) is 1.46. The third-order valence-corrected chi connectivity index (χ3v) is 2.44. The van der Waals surface area contributed by atoms with E-state index in [1.54, 1.807) is 6.07 Å². The molecule has 1 aliphatic heterocycles. The van der Waals surface area contributed by atoms with Crippen molar-refractivity contribution >= 4 is 5.97 Å². The van der Waals surface area contributed by atoms with Crippen LogP contribution in [0, 0.1) is 6.92 Å². The van der Waals surface area contributed by atoms with Crippen molar-refractivity contribution in [3.05, 3.63) is 23.0 Å². The number of hydrogen-bond acceptors (Lipinski definition) is 1. The van der Waals surface area contributed by atoms with E-state index >= 15 is 0 Å². The van der Waals surface area contributed by atoms with Gasteiger partial charge in [-0.05, 0) is 25.8 Å². The first-order chi connectivity index (χ1) is 5.70. The Hall–Kier alpha value is -1.25. The Balaban J connectivity index is 2.58. The molecule has 2 rings (SSSR count). The van der Waals surface area contributed by atoms with Crippen LogP contribution in [0.5, 0.6) is 0 Å². The van der Waals surface area contributed by atoms with E-state index in [1.807, 2.05) is 6.92 Å². The van der Waals surface area contributed by atoms with Crippen molar-refractivity contribution < 1.29 is 9.90 Å². The largest absolute Gasteiger partial charge is 0.478 e. The van der Waals surface area contributed by atoms with Gasteiger partial charge in [0.05, 0.1) is 5.56 Å². The van der Waals surface area contributed by atoms with E-state index in [2.05, 4.69) is 4.57 Å². The number of nitrogens with zero attached hydrogens (tertiary/aromatic N) is 1. The smallest absolute Gasteiger partial charge is 0.337 e. The SMILES string of the molecule is Cc1cc(C(=O)O)c2n1CCC2. The molecule has 1 aromatic rings. The topological polar surface area (TPSA) is 42.2 Å². The first-order valence-corrected chi connectivity index (χ1v) is 4.12. The standard InChI is InChI=1S/C9H11NO2/c1-6-5-7(9(11)12)8-3-2-4-10(6)8/h5H,2-4H2,1H3,(H,11,12). The third kappa shape index (κ3) is 0.858. The van der Waals surface area contributed by atoms with Gasteiger partial charge in [-0.15, -0.1) is 0 Å². The molecular weight excluding hydrogens is 154 g/mol. The number of hydrogen-bond donors (Lipinski definition) is 1. The lowest BCUT2D eigenvalue weighted by molar-refractivity contribution is 0.0696. The lowest BCUT2D eigenvalue weighted by Crippen LogP contribution is -1.99. The van der Waals surface area contributed by atoms with E-state index in [0.717, 1.165) is 30.8 Å². The molecule has 0 fully saturated rings. The van der Waals surface area contributed by atoms with Crippen LogP contribution in [-0.2, 0) is 13.0 Å². The number of aryl methyl sites for hydroxylation is 1. The van der Waals surface area contributed by atoms with Crippen LogP contribution in [0.15, 0.2) is 6.07 Å². The normalized spacial score (nSPS) is 14.8. The fourth-order valence-corrected chi connectivity index (χ4v) is 1.90. The van der Waals surface area contributed by atoms with Gasteiger partial charge >= 0.3 is 5.97 Å². The highest BCUT2D eigenvalue weighted by atomic mass is 16.4. The number of carboxylic acids is 1. The second-order valence-corrected chi connectivity index (χ2v) is 3.21. The first-order valence-electron chi connectivity index (χ1n) is 4.12. The van der Waals surface area contributed by atoms with E-state index in [0.29, 0.717) is 5.56 Å². The Bertz CT molecular complexity index is 339. The predicted molar refractivity (Wildman–Crippen MR) is 44.4 cm³/mol. The molecule has 1 N–H and O–H groups in total. The summed E-state index contributed by atoms with van der Waals surface area (Å²) in [5.41, 5.74) is 2.56. The number of aromatic nitrogens is 1. The van der Waals surface area contributed by atoms with Crippen LogP contribution in [0.4, 0.5) is 0 Å². The van der Waals surface area contributed by atoms with E-state index in [-0.39, 0.29) is 0 Å². The van der Waals surface area contributed by atoms with Gasteiger partial charge in [0.15, 0.2) is 0 Å². The number of carboxylic acid groups (broad SMARTS) is 1. The van der Waals surface area contributed by atoms with Crippen LogP contribution < -0.4 is 0 Å². The molecule has 0 radical (unpaired) electrons. The van der Waals surface area contributed by atoms with Gasteiger partial charge in [-0.1, -0.05) is 0 Å². The van der Waals surface area contributed by atoms with Crippen LogP contribution in [0.1, 0.15) is 28.2 Å². The molecule has 3 nitrogen and oxygen atoms in total. The van der Waals surface area contributed by atoms with Gasteiger partial charge in [-0.2, -0.15) is 0 Å². The number of aromatic carboxylic acids is 1. The summed E-state index contributed by atoms with van der Waals surface area (Å²) in [6.07, 6.45) is 1.99. The molecule has 64 valence electrons. The average Bonchev–Trinajstić information content (AvgIpc) is 2.53. The number of fused-ring (bicyclic) bond motifs is 1. The summed E-state index contributed by atoms with van der Waals surface area (Å²) in [6, 6.07) is 1.76. The van der Waals surface area contributed by atoms with Gasteiger partial charge in [-0.25, -0.2) is 4.79 Å². The molecule has 2 heterocycles. The Morgan fingerprint density at radius 3 is 3.08 bits per heavy atom. The predicted octanol–water partition coefficient (Wildman–Crippen LogP) is 1.44. The molecule has 0 aliphatic carbocycles. The highest BCUT2D eigenvalue weighted by molar-refractivity contribution is 5.89. The van der Waals surface area contributed by atoms with Crippen LogP contribution in [0.25, 0.3) is 0 Å². The van der Waals surface area contributed by atoms with Gasteiger partial charge in [0.25, 0.3) is 0 Å². The van der Waals surface area contributed by atoms with Gasteiger partial charge in [-0.3, -0.25) is 0 Å². The maximum atomic E-state index is 10.8. The van der Waals surface area contributed by atoms with E-state index in [1.165, 1.54) is 0 Å². The van der Waals surface area contributed by atoms with Gasteiger partial charge in [0, 0.05) is 17.9 Å². The summed E-state index contributed by atoms with van der Waals surface area (Å²) in [5.74, 6) is -0.797. The van der Waals surface area contributed by atoms with Gasteiger partial charge < -0.3 is 9.67 Å². The second kappa shape index (κ2) is 2.37. The third-order valence-electron chi connectivity index (χ3n) is 2.44. The van der Waals surface area contributed by atoms with Crippen molar-refractivity contribution in [1.29, 1.82) is 0 Å². The van der Waals surface area contributed by atoms with Crippen molar-refractivity contribution in [2.24, 2.45) is 0 Å². The minimum atomic E-state index is -0.797. The maximum Gasteiger partial charge on any atom is 0.337 e. The van der Waals surface area contributed by atoms with Gasteiger partial charge in [0.2, 0.25) is 0 Å². The molecule has 1 aliphatic rings. The molecule has 0 unspecified atom stereocenters. The monoisotopic (exact) mass is 165 g/mol. The number of rotatable bonds is 1. The van der Waals surface area contributed by atoms with E-state index < -0.39 is 5.97 Å². The molecule has 0 aromatic carbocycles. The lowest BCUT2D eigenvalue weighted by atomic mass is 10.2. The van der Waals surface area contributed by atoms with Crippen molar-refractivity contribution in [2.75, 3.05) is 0 Å². The summed E-state index contributed by atoms with van der Waals surface area (Å²) in [4.78, 5) is 10.8. The quantitative estimate of drug-likeness (QED) is 0.684. The lowest BCUT2D eigenvalue weighted by Gasteiger charge is -1.98. The summed E-state index contributed by atoms with van der Waals surface area (Å²) < 4.78 is 2.10. The van der Waals surface area contributed by atoms with Crippen molar-refractivity contribution in [3.8, 4) is 0 Å². The molecule has 1 aromatic heterocycles. The van der Waals surface area contributed by atoms with Crippen LogP contribution in [0.2, 0.25) is 0 Å². The zero-order valence-electron chi connectivity index (χ0n) is 7.00. The zero-order chi connectivity index (χ0) is 8.72. The molecule has 0 saturated heterocycles. The first kappa shape index (κ1) is 7.40. The van der Waals surface area contributed by atoms with Crippen molar-refractivity contribution in [1.82, 2.24) is 4.57 Å². The van der Waals surface area contributed by atoms with Crippen LogP contribution in [-0.4, -0.2) is 15.6 Å². The fourth-order valence-electron chi connectivity index (χ4n) is 1.90. The highest BCUT2D eigenvalue weighted by Crippen LogP contribution is 2.23. The average molecular weight is 165 g/mol. The molecule has 0 atom stereocenters. The minimum Gasteiger partial charge on any atom is -0.478 e. The van der Waals surface area contributed by atoms with Crippen LogP contribution in [0.3, 0.4) is 0 Å². The Labute approximate surface area is 70.6 Å². The van der Waals surface area contributed by atoms with Crippen molar-refractivity contribution in [2.45, 2.75) is 26.3 Å².